The second-order valence-corrected chi connectivity index (χ2v) is 9.87. The van der Waals surface area contributed by atoms with Crippen molar-refractivity contribution in [2.45, 2.75) is 38.5 Å². The number of carbonyl (C=O) groups excluding carboxylic acids is 1. The molecular weight excluding hydrogens is 469 g/mol. The summed E-state index contributed by atoms with van der Waals surface area (Å²) in [4.78, 5) is 21.2. The number of amides is 2. The highest BCUT2D eigenvalue weighted by atomic mass is 32.2. The van der Waals surface area contributed by atoms with Crippen LogP contribution >= 0.6 is 0 Å². The van der Waals surface area contributed by atoms with Crippen molar-refractivity contribution in [2.24, 2.45) is 0 Å². The molecule has 10 heteroatoms. The van der Waals surface area contributed by atoms with E-state index in [0.717, 1.165) is 70.2 Å². The minimum Gasteiger partial charge on any atom is -0.337 e. The van der Waals surface area contributed by atoms with Crippen LogP contribution in [0.5, 0.6) is 0 Å². The van der Waals surface area contributed by atoms with E-state index < -0.39 is 21.9 Å². The van der Waals surface area contributed by atoms with E-state index in [1.165, 1.54) is 0 Å². The van der Waals surface area contributed by atoms with Crippen LogP contribution in [0.15, 0.2) is 59.6 Å². The van der Waals surface area contributed by atoms with Gasteiger partial charge >= 0.3 is 6.03 Å². The zero-order valence-electron chi connectivity index (χ0n) is 19.7. The maximum absolute atomic E-state index is 13.0. The zero-order valence-corrected chi connectivity index (χ0v) is 20.5. The molecule has 2 aromatic carbocycles. The molecule has 35 heavy (non-hydrogen) atoms. The average molecular weight is 496 g/mol. The van der Waals surface area contributed by atoms with E-state index in [0.29, 0.717) is 6.42 Å². The number of hydrogen-bond acceptors (Lipinski definition) is 5. The predicted octanol–water partition coefficient (Wildman–Crippen LogP) is 3.95. The molecule has 0 saturated carbocycles. The van der Waals surface area contributed by atoms with Gasteiger partial charge < -0.3 is 5.32 Å². The molecule has 0 saturated heterocycles. The van der Waals surface area contributed by atoms with E-state index in [4.69, 9.17) is 4.98 Å². The van der Waals surface area contributed by atoms with Crippen LogP contribution in [0.4, 0.5) is 9.18 Å². The normalized spacial score (nSPS) is 11.5. The first-order chi connectivity index (χ1) is 16.7. The molecule has 182 valence electrons. The third-order valence-corrected chi connectivity index (χ3v) is 6.93. The Bertz CT molecular complexity index is 1480. The van der Waals surface area contributed by atoms with E-state index in [9.17, 15) is 17.6 Å². The van der Waals surface area contributed by atoms with Gasteiger partial charge in [-0.25, -0.2) is 27.3 Å². The molecule has 0 spiro atoms. The number of hydrogen-bond donors (Lipinski definition) is 2. The molecule has 0 atom stereocenters. The number of sulfonamides is 1. The molecule has 2 heterocycles. The third-order valence-electron chi connectivity index (χ3n) is 5.58. The Kier molecular flexibility index (Phi) is 6.83. The molecule has 0 aliphatic heterocycles. The molecular formula is C25H26FN5O3S. The fourth-order valence-electron chi connectivity index (χ4n) is 3.92. The Balaban J connectivity index is 1.41. The van der Waals surface area contributed by atoms with Crippen molar-refractivity contribution in [1.29, 1.82) is 0 Å². The average Bonchev–Trinajstić information content (AvgIpc) is 3.18. The summed E-state index contributed by atoms with van der Waals surface area (Å²) in [6.07, 6.45) is 3.29. The van der Waals surface area contributed by atoms with Gasteiger partial charge in [-0.15, -0.1) is 0 Å². The third kappa shape index (κ3) is 5.32. The van der Waals surface area contributed by atoms with E-state index >= 15 is 0 Å². The number of fused-ring (bicyclic) bond motifs is 1. The van der Waals surface area contributed by atoms with Crippen molar-refractivity contribution in [3.05, 3.63) is 83.2 Å². The Labute approximate surface area is 203 Å². The van der Waals surface area contributed by atoms with Crippen LogP contribution in [0, 0.1) is 19.7 Å². The van der Waals surface area contributed by atoms with Crippen LogP contribution in [0.3, 0.4) is 0 Å². The van der Waals surface area contributed by atoms with Crippen molar-refractivity contribution in [1.82, 2.24) is 24.4 Å². The Morgan fingerprint density at radius 1 is 1.03 bits per heavy atom. The Hall–Kier alpha value is -3.79. The smallest absolute Gasteiger partial charge is 0.328 e. The van der Waals surface area contributed by atoms with Crippen molar-refractivity contribution < 1.29 is 17.6 Å². The molecule has 2 amide bonds. The standard InChI is InChI=1S/C25H26FN5O3S/c1-4-22-23(31-15-16(2)28-17(3)24(31)29-22)19-7-5-18(6-8-19)13-14-27-25(32)30-35(33,34)21-11-9-20(26)10-12-21/h5-12,15H,4,13-14H2,1-3H3,(H2,27,30,32). The quantitative estimate of drug-likeness (QED) is 0.404. The van der Waals surface area contributed by atoms with Crippen LogP contribution in [0.25, 0.3) is 16.9 Å². The van der Waals surface area contributed by atoms with Gasteiger partial charge in [0.15, 0.2) is 5.65 Å². The van der Waals surface area contributed by atoms with Gasteiger partial charge in [0.2, 0.25) is 0 Å². The fourth-order valence-corrected chi connectivity index (χ4v) is 4.85. The van der Waals surface area contributed by atoms with Crippen molar-refractivity contribution in [3.63, 3.8) is 0 Å². The second-order valence-electron chi connectivity index (χ2n) is 8.18. The number of halogens is 1. The van der Waals surface area contributed by atoms with Gasteiger partial charge in [-0.1, -0.05) is 31.2 Å². The maximum atomic E-state index is 13.0. The monoisotopic (exact) mass is 495 g/mol. The summed E-state index contributed by atoms with van der Waals surface area (Å²) in [6, 6.07) is 11.4. The lowest BCUT2D eigenvalue weighted by molar-refractivity contribution is 0.246. The number of nitrogens with zero attached hydrogens (tertiary/aromatic N) is 3. The number of benzene rings is 2. The highest BCUT2D eigenvalue weighted by Gasteiger charge is 2.18. The van der Waals surface area contributed by atoms with Crippen molar-refractivity contribution >= 4 is 21.7 Å². The first kappa shape index (κ1) is 24.3. The number of rotatable bonds is 7. The summed E-state index contributed by atoms with van der Waals surface area (Å²) < 4.78 is 41.5. The first-order valence-corrected chi connectivity index (χ1v) is 12.7. The number of nitrogens with one attached hydrogen (secondary N) is 2. The van der Waals surface area contributed by atoms with Crippen LogP contribution in [-0.4, -0.2) is 35.4 Å². The minimum absolute atomic E-state index is 0.190. The molecule has 0 aliphatic rings. The Morgan fingerprint density at radius 3 is 2.37 bits per heavy atom. The highest BCUT2D eigenvalue weighted by molar-refractivity contribution is 7.90. The van der Waals surface area contributed by atoms with Gasteiger partial charge in [-0.05, 0) is 56.5 Å². The topological polar surface area (TPSA) is 105 Å². The molecule has 0 unspecified atom stereocenters. The molecule has 2 aromatic heterocycles. The van der Waals surface area contributed by atoms with E-state index in [1.54, 1.807) is 0 Å². The van der Waals surface area contributed by atoms with E-state index in [2.05, 4.69) is 21.6 Å². The zero-order chi connectivity index (χ0) is 25.2. The lowest BCUT2D eigenvalue weighted by Crippen LogP contribution is -2.40. The minimum atomic E-state index is -4.07. The Morgan fingerprint density at radius 2 is 1.71 bits per heavy atom. The summed E-state index contributed by atoms with van der Waals surface area (Å²) in [5, 5.41) is 2.54. The van der Waals surface area contributed by atoms with Crippen LogP contribution < -0.4 is 10.0 Å². The summed E-state index contributed by atoms with van der Waals surface area (Å²) >= 11 is 0. The molecule has 4 aromatic rings. The molecule has 0 aliphatic carbocycles. The van der Waals surface area contributed by atoms with Crippen LogP contribution in [0.2, 0.25) is 0 Å². The molecule has 0 radical (unpaired) electrons. The lowest BCUT2D eigenvalue weighted by atomic mass is 10.0. The number of carbonyl (C=O) groups is 1. The fraction of sp³-hybridized carbons (Fsp3) is 0.240. The summed E-state index contributed by atoms with van der Waals surface area (Å²) in [7, 11) is -4.07. The largest absolute Gasteiger partial charge is 0.337 e. The summed E-state index contributed by atoms with van der Waals surface area (Å²) in [5.74, 6) is -0.561. The van der Waals surface area contributed by atoms with Crippen LogP contribution in [-0.2, 0) is 22.9 Å². The lowest BCUT2D eigenvalue weighted by Gasteiger charge is -2.10. The van der Waals surface area contributed by atoms with Gasteiger partial charge in [-0.2, -0.15) is 0 Å². The summed E-state index contributed by atoms with van der Waals surface area (Å²) in [6.45, 7) is 6.22. The molecule has 2 N–H and O–H groups in total. The number of aryl methyl sites for hydroxylation is 3. The second kappa shape index (κ2) is 9.83. The molecule has 0 fully saturated rings. The highest BCUT2D eigenvalue weighted by Crippen LogP contribution is 2.27. The van der Waals surface area contributed by atoms with E-state index in [-0.39, 0.29) is 11.4 Å². The van der Waals surface area contributed by atoms with Gasteiger partial charge in [0, 0.05) is 18.3 Å². The molecule has 4 rings (SSSR count). The van der Waals surface area contributed by atoms with Gasteiger partial charge in [0.25, 0.3) is 10.0 Å². The van der Waals surface area contributed by atoms with E-state index in [1.807, 2.05) is 49.0 Å². The van der Waals surface area contributed by atoms with Gasteiger partial charge in [0.05, 0.1) is 27.7 Å². The van der Waals surface area contributed by atoms with Gasteiger partial charge in [-0.3, -0.25) is 9.38 Å². The van der Waals surface area contributed by atoms with Crippen molar-refractivity contribution in [3.8, 4) is 11.3 Å². The first-order valence-electron chi connectivity index (χ1n) is 11.2. The van der Waals surface area contributed by atoms with Crippen molar-refractivity contribution in [2.75, 3.05) is 6.54 Å². The predicted molar refractivity (Wildman–Crippen MR) is 131 cm³/mol. The summed E-state index contributed by atoms with van der Waals surface area (Å²) in [5.41, 5.74) is 6.68. The maximum Gasteiger partial charge on any atom is 0.328 e. The number of aromatic nitrogens is 3. The van der Waals surface area contributed by atoms with Crippen LogP contribution in [0.1, 0.15) is 29.6 Å². The molecule has 0 bridgehead atoms. The number of urea groups is 1. The SMILES string of the molecule is CCc1nc2c(C)nc(C)cn2c1-c1ccc(CCNC(=O)NS(=O)(=O)c2ccc(F)cc2)cc1. The molecule has 8 nitrogen and oxygen atoms in total. The van der Waals surface area contributed by atoms with Gasteiger partial charge in [0.1, 0.15) is 5.82 Å². The number of imidazole rings is 1.